The van der Waals surface area contributed by atoms with E-state index >= 15 is 0 Å². The average molecular weight is 347 g/mol. The molecule has 0 heterocycles. The van der Waals surface area contributed by atoms with Crippen LogP contribution < -0.4 is 10.0 Å². The van der Waals surface area contributed by atoms with Crippen molar-refractivity contribution in [1.82, 2.24) is 10.0 Å². The molecule has 0 unspecified atom stereocenters. The van der Waals surface area contributed by atoms with Gasteiger partial charge in [0, 0.05) is 12.6 Å². The second kappa shape index (κ2) is 7.60. The minimum absolute atomic E-state index is 0.181. The Balaban J connectivity index is 2.02. The van der Waals surface area contributed by atoms with Crippen molar-refractivity contribution in [3.63, 3.8) is 0 Å². The van der Waals surface area contributed by atoms with Crippen molar-refractivity contribution >= 4 is 22.0 Å². The van der Waals surface area contributed by atoms with Crippen molar-refractivity contribution in [2.75, 3.05) is 6.54 Å². The van der Waals surface area contributed by atoms with Gasteiger partial charge in [-0.3, -0.25) is 4.79 Å². The number of hydrogen-bond donors (Lipinski definition) is 2. The molecule has 1 aliphatic carbocycles. The molecule has 0 aromatic heterocycles. The van der Waals surface area contributed by atoms with Crippen molar-refractivity contribution in [2.45, 2.75) is 43.0 Å². The van der Waals surface area contributed by atoms with Crippen LogP contribution >= 0.6 is 0 Å². The molecule has 0 radical (unpaired) electrons. The first-order valence-corrected chi connectivity index (χ1v) is 9.40. The Bertz CT molecular complexity index is 755. The monoisotopic (exact) mass is 347 g/mol. The van der Waals surface area contributed by atoms with Gasteiger partial charge in [0.1, 0.15) is 5.54 Å². The topological polar surface area (TPSA) is 99.1 Å². The smallest absolute Gasteiger partial charge is 0.245 e. The molecule has 7 heteroatoms. The maximum absolute atomic E-state index is 12.0. The number of nitriles is 1. The van der Waals surface area contributed by atoms with Gasteiger partial charge in [-0.1, -0.05) is 19.1 Å². The maximum atomic E-state index is 12.0. The van der Waals surface area contributed by atoms with Crippen LogP contribution in [0.25, 0.3) is 6.08 Å². The number of nitrogens with one attached hydrogen (secondary N) is 2. The predicted molar refractivity (Wildman–Crippen MR) is 91.3 cm³/mol. The van der Waals surface area contributed by atoms with Gasteiger partial charge in [-0.25, -0.2) is 13.1 Å². The molecule has 6 nitrogen and oxygen atoms in total. The number of carbonyl (C=O) groups is 1. The highest BCUT2D eigenvalue weighted by atomic mass is 32.2. The number of hydrogen-bond acceptors (Lipinski definition) is 4. The van der Waals surface area contributed by atoms with E-state index < -0.39 is 15.6 Å². The minimum Gasteiger partial charge on any atom is -0.334 e. The zero-order chi connectivity index (χ0) is 17.6. The van der Waals surface area contributed by atoms with Crippen molar-refractivity contribution in [3.8, 4) is 6.07 Å². The van der Waals surface area contributed by atoms with Crippen LogP contribution in [0.5, 0.6) is 0 Å². The zero-order valence-corrected chi connectivity index (χ0v) is 14.4. The molecule has 128 valence electrons. The predicted octanol–water partition coefficient (Wildman–Crippen LogP) is 1.95. The number of rotatable bonds is 6. The summed E-state index contributed by atoms with van der Waals surface area (Å²) in [6.45, 7) is 2.04. The van der Waals surface area contributed by atoms with Crippen molar-refractivity contribution in [2.24, 2.45) is 0 Å². The quantitative estimate of drug-likeness (QED) is 0.768. The van der Waals surface area contributed by atoms with E-state index in [0.29, 0.717) is 24.9 Å². The normalized spacial score (nSPS) is 16.8. The summed E-state index contributed by atoms with van der Waals surface area (Å²) < 4.78 is 26.1. The van der Waals surface area contributed by atoms with Gasteiger partial charge >= 0.3 is 0 Å². The number of benzene rings is 1. The molecule has 0 saturated heterocycles. The molecular weight excluding hydrogens is 326 g/mol. The first kappa shape index (κ1) is 18.2. The summed E-state index contributed by atoms with van der Waals surface area (Å²) in [5.41, 5.74) is -0.0384. The van der Waals surface area contributed by atoms with Crippen LogP contribution in [-0.4, -0.2) is 26.4 Å². The Labute approximate surface area is 142 Å². The lowest BCUT2D eigenvalue weighted by molar-refractivity contribution is -0.117. The van der Waals surface area contributed by atoms with Crippen molar-refractivity contribution < 1.29 is 13.2 Å². The Morgan fingerprint density at radius 3 is 2.46 bits per heavy atom. The van der Waals surface area contributed by atoms with Gasteiger partial charge in [-0.05, 0) is 49.5 Å². The Hall–Kier alpha value is -2.17. The van der Waals surface area contributed by atoms with E-state index in [1.807, 2.05) is 0 Å². The first-order chi connectivity index (χ1) is 11.4. The molecule has 1 aromatic carbocycles. The molecule has 1 saturated carbocycles. The van der Waals surface area contributed by atoms with Crippen LogP contribution in [0.4, 0.5) is 0 Å². The first-order valence-electron chi connectivity index (χ1n) is 7.92. The van der Waals surface area contributed by atoms with Gasteiger partial charge in [0.25, 0.3) is 0 Å². The molecule has 2 N–H and O–H groups in total. The van der Waals surface area contributed by atoms with Crippen LogP contribution in [0.2, 0.25) is 0 Å². The van der Waals surface area contributed by atoms with Gasteiger partial charge < -0.3 is 5.32 Å². The Kier molecular flexibility index (Phi) is 5.75. The van der Waals surface area contributed by atoms with Crippen molar-refractivity contribution in [3.05, 3.63) is 35.9 Å². The largest absolute Gasteiger partial charge is 0.334 e. The third-order valence-corrected chi connectivity index (χ3v) is 5.55. The highest BCUT2D eigenvalue weighted by Gasteiger charge is 2.34. The molecule has 0 atom stereocenters. The number of nitrogens with zero attached hydrogens (tertiary/aromatic N) is 1. The second-order valence-electron chi connectivity index (χ2n) is 5.79. The van der Waals surface area contributed by atoms with Crippen LogP contribution in [0.3, 0.4) is 0 Å². The number of amides is 1. The highest BCUT2D eigenvalue weighted by Crippen LogP contribution is 2.28. The molecule has 1 amide bonds. The molecule has 2 rings (SSSR count). The SMILES string of the molecule is CCNS(=O)(=O)c1ccc(C=CC(=O)NC2(C#N)CCCC2)cc1. The maximum Gasteiger partial charge on any atom is 0.245 e. The summed E-state index contributed by atoms with van der Waals surface area (Å²) in [5, 5.41) is 12.0. The summed E-state index contributed by atoms with van der Waals surface area (Å²) in [5.74, 6) is -0.317. The third-order valence-electron chi connectivity index (χ3n) is 3.99. The fourth-order valence-corrected chi connectivity index (χ4v) is 3.77. The molecule has 0 aliphatic heterocycles. The van der Waals surface area contributed by atoms with Gasteiger partial charge in [-0.2, -0.15) is 5.26 Å². The number of sulfonamides is 1. The third kappa shape index (κ3) is 4.43. The molecule has 24 heavy (non-hydrogen) atoms. The van der Waals surface area contributed by atoms with Gasteiger partial charge in [0.2, 0.25) is 15.9 Å². The second-order valence-corrected chi connectivity index (χ2v) is 7.56. The summed E-state index contributed by atoms with van der Waals surface area (Å²) in [6.07, 6.45) is 6.21. The summed E-state index contributed by atoms with van der Waals surface area (Å²) in [6, 6.07) is 8.44. The molecule has 1 aromatic rings. The van der Waals surface area contributed by atoms with E-state index in [1.54, 1.807) is 25.1 Å². The van der Waals surface area contributed by atoms with E-state index in [4.69, 9.17) is 0 Å². The Morgan fingerprint density at radius 2 is 1.92 bits per heavy atom. The van der Waals surface area contributed by atoms with Gasteiger partial charge in [0.05, 0.1) is 11.0 Å². The fraction of sp³-hybridized carbons (Fsp3) is 0.412. The minimum atomic E-state index is -3.48. The van der Waals surface area contributed by atoms with Crippen molar-refractivity contribution in [1.29, 1.82) is 5.26 Å². The summed E-state index contributed by atoms with van der Waals surface area (Å²) in [4.78, 5) is 12.2. The molecule has 0 spiro atoms. The Morgan fingerprint density at radius 1 is 1.29 bits per heavy atom. The highest BCUT2D eigenvalue weighted by molar-refractivity contribution is 7.89. The van der Waals surface area contributed by atoms with Gasteiger partial charge in [-0.15, -0.1) is 0 Å². The molecule has 1 fully saturated rings. The lowest BCUT2D eigenvalue weighted by Gasteiger charge is -2.20. The lowest BCUT2D eigenvalue weighted by atomic mass is 10.00. The van der Waals surface area contributed by atoms with Crippen LogP contribution in [0.1, 0.15) is 38.2 Å². The van der Waals surface area contributed by atoms with E-state index in [9.17, 15) is 18.5 Å². The molecule has 0 bridgehead atoms. The van der Waals surface area contributed by atoms with Crippen LogP contribution in [0, 0.1) is 11.3 Å². The fourth-order valence-electron chi connectivity index (χ4n) is 2.72. The summed E-state index contributed by atoms with van der Waals surface area (Å²) >= 11 is 0. The van der Waals surface area contributed by atoms with E-state index in [2.05, 4.69) is 16.1 Å². The average Bonchev–Trinajstić information content (AvgIpc) is 3.02. The van der Waals surface area contributed by atoms with E-state index in [-0.39, 0.29) is 10.8 Å². The lowest BCUT2D eigenvalue weighted by Crippen LogP contribution is -2.44. The number of carbonyl (C=O) groups excluding carboxylic acids is 1. The van der Waals surface area contributed by atoms with E-state index in [0.717, 1.165) is 12.8 Å². The molecular formula is C17H21N3O3S. The van der Waals surface area contributed by atoms with E-state index in [1.165, 1.54) is 18.2 Å². The molecule has 1 aliphatic rings. The standard InChI is InChI=1S/C17H21N3O3S/c1-2-19-24(22,23)15-8-5-14(6-9-15)7-10-16(21)20-17(13-18)11-3-4-12-17/h5-10,19H,2-4,11-12H2,1H3,(H,20,21). The summed E-state index contributed by atoms with van der Waals surface area (Å²) in [7, 11) is -3.48. The van der Waals surface area contributed by atoms with Crippen LogP contribution in [0.15, 0.2) is 35.2 Å². The van der Waals surface area contributed by atoms with Gasteiger partial charge in [0.15, 0.2) is 0 Å². The zero-order valence-electron chi connectivity index (χ0n) is 13.6. The van der Waals surface area contributed by atoms with Crippen LogP contribution in [-0.2, 0) is 14.8 Å².